The molecule has 0 amide bonds. The summed E-state index contributed by atoms with van der Waals surface area (Å²) in [7, 11) is 0. The molecule has 0 radical (unpaired) electrons. The SMILES string of the molecule is Cc1ccc(N2c3ccc(C)cc3B3c4ccccc4Sc4cccc2c43)cc1. The third-order valence-corrected chi connectivity index (χ3v) is 7.22. The van der Waals surface area contributed by atoms with Crippen LogP contribution in [0.25, 0.3) is 0 Å². The molecule has 0 spiro atoms. The maximum Gasteiger partial charge on any atom is 0.249 e. The molecule has 0 bridgehead atoms. The molecule has 2 aliphatic heterocycles. The summed E-state index contributed by atoms with van der Waals surface area (Å²) in [4.78, 5) is 5.19. The van der Waals surface area contributed by atoms with Crippen LogP contribution in [0.3, 0.4) is 0 Å². The van der Waals surface area contributed by atoms with Gasteiger partial charge in [-0.25, -0.2) is 0 Å². The summed E-state index contributed by atoms with van der Waals surface area (Å²) in [5, 5.41) is 0. The van der Waals surface area contributed by atoms with Crippen molar-refractivity contribution in [1.82, 2.24) is 0 Å². The highest BCUT2D eigenvalue weighted by molar-refractivity contribution is 8.00. The second-order valence-electron chi connectivity index (χ2n) is 8.00. The average molecular weight is 389 g/mol. The summed E-state index contributed by atoms with van der Waals surface area (Å²) in [6.07, 6.45) is 0. The van der Waals surface area contributed by atoms with Crippen molar-refractivity contribution in [1.29, 1.82) is 0 Å². The molecule has 2 aliphatic rings. The first-order valence-electron chi connectivity index (χ1n) is 10.1. The van der Waals surface area contributed by atoms with E-state index in [0.29, 0.717) is 0 Å². The first-order chi connectivity index (χ1) is 14.2. The topological polar surface area (TPSA) is 3.24 Å². The number of aryl methyl sites for hydroxylation is 2. The van der Waals surface area contributed by atoms with Crippen LogP contribution in [0.15, 0.2) is 94.7 Å². The van der Waals surface area contributed by atoms with E-state index in [1.54, 1.807) is 0 Å². The van der Waals surface area contributed by atoms with Crippen LogP contribution in [0.5, 0.6) is 0 Å². The van der Waals surface area contributed by atoms with E-state index in [4.69, 9.17) is 0 Å². The van der Waals surface area contributed by atoms with Crippen LogP contribution in [0.4, 0.5) is 17.1 Å². The highest BCUT2D eigenvalue weighted by Crippen LogP contribution is 2.41. The number of anilines is 3. The van der Waals surface area contributed by atoms with E-state index in [1.807, 2.05) is 11.8 Å². The minimum atomic E-state index is 0.287. The molecule has 2 heterocycles. The summed E-state index contributed by atoms with van der Waals surface area (Å²) >= 11 is 1.90. The monoisotopic (exact) mass is 389 g/mol. The predicted octanol–water partition coefficient (Wildman–Crippen LogP) is 5.07. The Morgan fingerprint density at radius 1 is 0.655 bits per heavy atom. The van der Waals surface area contributed by atoms with Gasteiger partial charge >= 0.3 is 0 Å². The molecule has 0 saturated heterocycles. The Hall–Kier alpha value is -2.91. The minimum absolute atomic E-state index is 0.287. The van der Waals surface area contributed by atoms with E-state index >= 15 is 0 Å². The van der Waals surface area contributed by atoms with Gasteiger partial charge in [0, 0.05) is 26.9 Å². The van der Waals surface area contributed by atoms with Crippen molar-refractivity contribution in [2.45, 2.75) is 23.6 Å². The molecular weight excluding hydrogens is 369 g/mol. The van der Waals surface area contributed by atoms with Crippen LogP contribution in [-0.4, -0.2) is 6.71 Å². The molecule has 0 aromatic heterocycles. The molecule has 0 unspecified atom stereocenters. The molecule has 0 saturated carbocycles. The van der Waals surface area contributed by atoms with E-state index in [-0.39, 0.29) is 6.71 Å². The van der Waals surface area contributed by atoms with Gasteiger partial charge in [0.1, 0.15) is 0 Å². The van der Waals surface area contributed by atoms with Gasteiger partial charge in [0.05, 0.1) is 0 Å². The number of fused-ring (bicyclic) bond motifs is 4. The van der Waals surface area contributed by atoms with Crippen molar-refractivity contribution in [2.75, 3.05) is 4.90 Å². The Balaban J connectivity index is 1.69. The number of rotatable bonds is 1. The first kappa shape index (κ1) is 17.0. The van der Waals surface area contributed by atoms with Crippen LogP contribution in [0.2, 0.25) is 0 Å². The quantitative estimate of drug-likeness (QED) is 0.362. The van der Waals surface area contributed by atoms with Gasteiger partial charge in [-0.15, -0.1) is 0 Å². The van der Waals surface area contributed by atoms with Gasteiger partial charge < -0.3 is 4.90 Å². The van der Waals surface area contributed by atoms with Crippen molar-refractivity contribution in [2.24, 2.45) is 0 Å². The normalized spacial score (nSPS) is 13.6. The fraction of sp³-hybridized carbons (Fsp3) is 0.0769. The average Bonchev–Trinajstić information content (AvgIpc) is 2.74. The molecule has 3 heteroatoms. The Morgan fingerprint density at radius 3 is 2.28 bits per heavy atom. The molecule has 0 N–H and O–H groups in total. The zero-order valence-corrected chi connectivity index (χ0v) is 17.3. The lowest BCUT2D eigenvalue weighted by Crippen LogP contribution is -2.59. The fourth-order valence-corrected chi connectivity index (χ4v) is 5.89. The van der Waals surface area contributed by atoms with Gasteiger partial charge in [-0.2, -0.15) is 0 Å². The molecular formula is C26H20BNS. The van der Waals surface area contributed by atoms with Gasteiger partial charge in [0.2, 0.25) is 6.71 Å². The summed E-state index contributed by atoms with van der Waals surface area (Å²) < 4.78 is 0. The summed E-state index contributed by atoms with van der Waals surface area (Å²) in [5.74, 6) is 0. The molecule has 0 aliphatic carbocycles. The smallest absolute Gasteiger partial charge is 0.249 e. The summed E-state index contributed by atoms with van der Waals surface area (Å²) in [6, 6.07) is 31.5. The number of benzene rings is 4. The van der Waals surface area contributed by atoms with Gasteiger partial charge in [-0.1, -0.05) is 76.9 Å². The lowest BCUT2D eigenvalue weighted by Gasteiger charge is -2.40. The highest BCUT2D eigenvalue weighted by atomic mass is 32.2. The zero-order chi connectivity index (χ0) is 19.5. The molecule has 6 rings (SSSR count). The third-order valence-electron chi connectivity index (χ3n) is 6.05. The van der Waals surface area contributed by atoms with Crippen molar-refractivity contribution in [3.63, 3.8) is 0 Å². The Bertz CT molecular complexity index is 1260. The molecule has 29 heavy (non-hydrogen) atoms. The van der Waals surface area contributed by atoms with Crippen LogP contribution in [0.1, 0.15) is 11.1 Å². The molecule has 0 atom stereocenters. The van der Waals surface area contributed by atoms with Crippen LogP contribution in [0, 0.1) is 13.8 Å². The fourth-order valence-electron chi connectivity index (χ4n) is 4.73. The third kappa shape index (κ3) is 2.51. The van der Waals surface area contributed by atoms with Crippen molar-refractivity contribution in [3.05, 3.63) is 96.1 Å². The van der Waals surface area contributed by atoms with Crippen molar-refractivity contribution < 1.29 is 0 Å². The lowest BCUT2D eigenvalue weighted by molar-refractivity contribution is 1.26. The Kier molecular flexibility index (Phi) is 3.69. The Morgan fingerprint density at radius 2 is 1.41 bits per heavy atom. The molecule has 138 valence electrons. The van der Waals surface area contributed by atoms with E-state index in [9.17, 15) is 0 Å². The number of hydrogen-bond donors (Lipinski definition) is 0. The van der Waals surface area contributed by atoms with E-state index in [1.165, 1.54) is 54.4 Å². The van der Waals surface area contributed by atoms with E-state index in [0.717, 1.165) is 0 Å². The molecule has 1 nitrogen and oxygen atoms in total. The second kappa shape index (κ2) is 6.30. The molecule has 4 aromatic rings. The predicted molar refractivity (Wildman–Crippen MR) is 126 cm³/mol. The minimum Gasteiger partial charge on any atom is -0.311 e. The van der Waals surface area contributed by atoms with Crippen LogP contribution >= 0.6 is 11.8 Å². The maximum atomic E-state index is 2.44. The molecule has 4 aromatic carbocycles. The number of hydrogen-bond acceptors (Lipinski definition) is 2. The van der Waals surface area contributed by atoms with Crippen molar-refractivity contribution in [3.8, 4) is 0 Å². The zero-order valence-electron chi connectivity index (χ0n) is 16.5. The largest absolute Gasteiger partial charge is 0.311 e. The highest BCUT2D eigenvalue weighted by Gasteiger charge is 2.40. The van der Waals surface area contributed by atoms with E-state index in [2.05, 4.69) is 104 Å². The van der Waals surface area contributed by atoms with Gasteiger partial charge in [0.15, 0.2) is 0 Å². The van der Waals surface area contributed by atoms with Gasteiger partial charge in [0.25, 0.3) is 0 Å². The van der Waals surface area contributed by atoms with Gasteiger partial charge in [-0.05, 0) is 61.2 Å². The number of nitrogens with zero attached hydrogens (tertiary/aromatic N) is 1. The van der Waals surface area contributed by atoms with Crippen LogP contribution < -0.4 is 21.3 Å². The standard InChI is InChI=1S/C26H20BNS/c1-17-10-13-19(14-11-17)28-22-15-12-18(2)16-21(22)27-20-6-3-4-8-24(20)29-25-9-5-7-23(28)26(25)27/h3-16H,1-2H3. The first-order valence-corrected chi connectivity index (χ1v) is 10.9. The Labute approximate surface area is 176 Å². The van der Waals surface area contributed by atoms with E-state index < -0.39 is 0 Å². The molecule has 0 fully saturated rings. The van der Waals surface area contributed by atoms with Crippen LogP contribution in [-0.2, 0) is 0 Å². The van der Waals surface area contributed by atoms with Gasteiger partial charge in [-0.3, -0.25) is 0 Å². The second-order valence-corrected chi connectivity index (χ2v) is 9.08. The summed E-state index contributed by atoms with van der Waals surface area (Å²) in [5.41, 5.74) is 10.7. The summed E-state index contributed by atoms with van der Waals surface area (Å²) in [6.45, 7) is 4.63. The maximum absolute atomic E-state index is 2.44. The lowest BCUT2D eigenvalue weighted by atomic mass is 9.35. The van der Waals surface area contributed by atoms with Crippen molar-refractivity contribution >= 4 is 51.9 Å².